The van der Waals surface area contributed by atoms with Gasteiger partial charge in [0.2, 0.25) is 5.91 Å². The Kier molecular flexibility index (Phi) is 9.94. The van der Waals surface area contributed by atoms with E-state index in [0.29, 0.717) is 35.8 Å². The normalized spacial score (nSPS) is 10.6. The van der Waals surface area contributed by atoms with E-state index >= 15 is 0 Å². The Morgan fingerprint density at radius 3 is 2.21 bits per heavy atom. The number of hydrogen-bond acceptors (Lipinski definition) is 6. The molecule has 0 saturated carbocycles. The van der Waals surface area contributed by atoms with Crippen LogP contribution in [0.4, 0.5) is 16.3 Å². The van der Waals surface area contributed by atoms with Crippen LogP contribution in [0.1, 0.15) is 36.3 Å². The van der Waals surface area contributed by atoms with Gasteiger partial charge in [-0.05, 0) is 74.4 Å². The lowest BCUT2D eigenvalue weighted by atomic mass is 10.1. The van der Waals surface area contributed by atoms with Gasteiger partial charge >= 0.3 is 12.0 Å². The third kappa shape index (κ3) is 7.14. The number of esters is 1. The number of hydrogen-bond donors (Lipinski definition) is 2. The molecule has 1 aromatic heterocycles. The largest absolute Gasteiger partial charge is 0.497 e. The second kappa shape index (κ2) is 14.0. The van der Waals surface area contributed by atoms with Crippen molar-refractivity contribution in [2.24, 2.45) is 0 Å². The summed E-state index contributed by atoms with van der Waals surface area (Å²) < 4.78 is 12.0. The van der Waals surface area contributed by atoms with E-state index < -0.39 is 12.0 Å². The summed E-state index contributed by atoms with van der Waals surface area (Å²) in [5, 5.41) is 10.6. The minimum Gasteiger partial charge on any atom is -0.497 e. The Morgan fingerprint density at radius 2 is 1.60 bits per heavy atom. The molecule has 0 spiro atoms. The lowest BCUT2D eigenvalue weighted by molar-refractivity contribution is -0.116. The van der Waals surface area contributed by atoms with Crippen LogP contribution >= 0.6 is 0 Å². The predicted molar refractivity (Wildman–Crippen MR) is 162 cm³/mol. The average Bonchev–Trinajstić information content (AvgIpc) is 3.32. The van der Waals surface area contributed by atoms with Crippen LogP contribution in [0.3, 0.4) is 0 Å². The summed E-state index contributed by atoms with van der Waals surface area (Å²) in [6.07, 6.45) is 0.653. The quantitative estimate of drug-likeness (QED) is 0.217. The number of benzene rings is 3. The van der Waals surface area contributed by atoms with E-state index in [4.69, 9.17) is 14.6 Å². The van der Waals surface area contributed by atoms with E-state index in [0.717, 1.165) is 22.5 Å². The highest BCUT2D eigenvalue weighted by Gasteiger charge is 2.23. The SMILES string of the molecule is CCCN(CC(=O)Nc1c(-c2ccccc2)c(C)nn1-c1ccc(OC)cc1)C(=O)Nc1ccc(C(=O)OCC)cc1. The highest BCUT2D eigenvalue weighted by atomic mass is 16.5. The summed E-state index contributed by atoms with van der Waals surface area (Å²) in [6, 6.07) is 23.1. The number of aromatic nitrogens is 2. The van der Waals surface area contributed by atoms with Crippen molar-refractivity contribution in [2.75, 3.05) is 37.4 Å². The molecule has 0 aliphatic rings. The maximum atomic E-state index is 13.5. The number of anilines is 2. The summed E-state index contributed by atoms with van der Waals surface area (Å²) in [5.74, 6) is 0.398. The molecule has 3 aromatic carbocycles. The maximum Gasteiger partial charge on any atom is 0.338 e. The number of rotatable bonds is 11. The molecule has 0 radical (unpaired) electrons. The van der Waals surface area contributed by atoms with Gasteiger partial charge in [0.1, 0.15) is 18.1 Å². The van der Waals surface area contributed by atoms with Crippen LogP contribution in [0.25, 0.3) is 16.8 Å². The molecule has 0 aliphatic carbocycles. The third-order valence-electron chi connectivity index (χ3n) is 6.46. The minimum absolute atomic E-state index is 0.179. The third-order valence-corrected chi connectivity index (χ3v) is 6.46. The number of carbonyl (C=O) groups is 3. The van der Waals surface area contributed by atoms with Gasteiger partial charge < -0.3 is 25.0 Å². The number of nitrogens with one attached hydrogen (secondary N) is 2. The molecule has 218 valence electrons. The van der Waals surface area contributed by atoms with E-state index in [-0.39, 0.29) is 19.1 Å². The summed E-state index contributed by atoms with van der Waals surface area (Å²) in [5.41, 5.74) is 4.05. The first-order valence-corrected chi connectivity index (χ1v) is 13.8. The first-order chi connectivity index (χ1) is 20.3. The zero-order chi connectivity index (χ0) is 30.1. The molecule has 0 bridgehead atoms. The fourth-order valence-electron chi connectivity index (χ4n) is 4.48. The molecule has 1 heterocycles. The molecule has 0 unspecified atom stereocenters. The maximum absolute atomic E-state index is 13.5. The van der Waals surface area contributed by atoms with Crippen molar-refractivity contribution in [3.05, 3.63) is 90.1 Å². The standard InChI is InChI=1S/C32H35N5O5/c1-5-20-36(32(40)33-25-14-12-24(13-15-25)31(39)42-6-2)21-28(38)34-30-29(23-10-8-7-9-11-23)22(3)35-37(30)26-16-18-27(41-4)19-17-26/h7-19H,5-6,20-21H2,1-4H3,(H,33,40)(H,34,38). The van der Waals surface area contributed by atoms with Crippen molar-refractivity contribution in [3.8, 4) is 22.6 Å². The Bertz CT molecular complexity index is 1520. The second-order valence-corrected chi connectivity index (χ2v) is 9.48. The van der Waals surface area contributed by atoms with Crippen molar-refractivity contribution >= 4 is 29.4 Å². The van der Waals surface area contributed by atoms with Crippen molar-refractivity contribution in [2.45, 2.75) is 27.2 Å². The number of ether oxygens (including phenoxy) is 2. The van der Waals surface area contributed by atoms with E-state index in [9.17, 15) is 14.4 Å². The lowest BCUT2D eigenvalue weighted by Gasteiger charge is -2.22. The zero-order valence-corrected chi connectivity index (χ0v) is 24.2. The highest BCUT2D eigenvalue weighted by Crippen LogP contribution is 2.33. The number of nitrogens with zero attached hydrogens (tertiary/aromatic N) is 3. The monoisotopic (exact) mass is 569 g/mol. The summed E-state index contributed by atoms with van der Waals surface area (Å²) in [6.45, 7) is 6.02. The Labute approximate surface area is 245 Å². The molecule has 0 atom stereocenters. The van der Waals surface area contributed by atoms with E-state index in [2.05, 4.69) is 10.6 Å². The zero-order valence-electron chi connectivity index (χ0n) is 24.2. The van der Waals surface area contributed by atoms with Gasteiger partial charge in [0.05, 0.1) is 30.7 Å². The topological polar surface area (TPSA) is 115 Å². The summed E-state index contributed by atoms with van der Waals surface area (Å²) in [4.78, 5) is 40.0. The van der Waals surface area contributed by atoms with Gasteiger partial charge in [-0.2, -0.15) is 5.10 Å². The molecule has 0 saturated heterocycles. The van der Waals surface area contributed by atoms with Crippen LogP contribution in [0.2, 0.25) is 0 Å². The molecule has 4 aromatic rings. The van der Waals surface area contributed by atoms with E-state index in [1.807, 2.05) is 68.4 Å². The first kappa shape index (κ1) is 29.9. The number of aryl methyl sites for hydroxylation is 1. The first-order valence-electron chi connectivity index (χ1n) is 13.8. The van der Waals surface area contributed by atoms with Gasteiger partial charge in [-0.3, -0.25) is 4.79 Å². The summed E-state index contributed by atoms with van der Waals surface area (Å²) in [7, 11) is 1.60. The van der Waals surface area contributed by atoms with Crippen LogP contribution in [0.15, 0.2) is 78.9 Å². The lowest BCUT2D eigenvalue weighted by Crippen LogP contribution is -2.41. The number of urea groups is 1. The number of methoxy groups -OCH3 is 1. The van der Waals surface area contributed by atoms with Gasteiger partial charge in [0, 0.05) is 17.8 Å². The van der Waals surface area contributed by atoms with Gasteiger partial charge in [-0.15, -0.1) is 0 Å². The average molecular weight is 570 g/mol. The Morgan fingerprint density at radius 1 is 0.905 bits per heavy atom. The van der Waals surface area contributed by atoms with Gasteiger partial charge in [-0.1, -0.05) is 37.3 Å². The van der Waals surface area contributed by atoms with Gasteiger partial charge in [0.25, 0.3) is 0 Å². The molecule has 4 rings (SSSR count). The van der Waals surface area contributed by atoms with Crippen molar-refractivity contribution in [3.63, 3.8) is 0 Å². The Balaban J connectivity index is 1.56. The summed E-state index contributed by atoms with van der Waals surface area (Å²) >= 11 is 0. The smallest absolute Gasteiger partial charge is 0.338 e. The van der Waals surface area contributed by atoms with Crippen LogP contribution in [0.5, 0.6) is 5.75 Å². The minimum atomic E-state index is -0.432. The van der Waals surface area contributed by atoms with Crippen molar-refractivity contribution in [1.29, 1.82) is 0 Å². The van der Waals surface area contributed by atoms with Crippen LogP contribution in [-0.4, -0.2) is 59.4 Å². The second-order valence-electron chi connectivity index (χ2n) is 9.48. The predicted octanol–water partition coefficient (Wildman–Crippen LogP) is 5.92. The molecular formula is C32H35N5O5. The molecule has 10 nitrogen and oxygen atoms in total. The van der Waals surface area contributed by atoms with Gasteiger partial charge in [0.15, 0.2) is 0 Å². The van der Waals surface area contributed by atoms with Crippen LogP contribution in [-0.2, 0) is 9.53 Å². The van der Waals surface area contributed by atoms with Crippen LogP contribution < -0.4 is 15.4 Å². The van der Waals surface area contributed by atoms with Crippen molar-refractivity contribution in [1.82, 2.24) is 14.7 Å². The molecule has 10 heteroatoms. The van der Waals surface area contributed by atoms with Crippen LogP contribution in [0, 0.1) is 6.92 Å². The van der Waals surface area contributed by atoms with E-state index in [1.165, 1.54) is 4.90 Å². The van der Waals surface area contributed by atoms with E-state index in [1.54, 1.807) is 43.0 Å². The number of amides is 3. The number of carbonyl (C=O) groups excluding carboxylic acids is 3. The molecule has 0 aliphatic heterocycles. The molecule has 42 heavy (non-hydrogen) atoms. The molecule has 2 N–H and O–H groups in total. The molecule has 3 amide bonds. The fourth-order valence-corrected chi connectivity index (χ4v) is 4.48. The highest BCUT2D eigenvalue weighted by molar-refractivity contribution is 5.99. The fraction of sp³-hybridized carbons (Fsp3) is 0.250. The Hall–Kier alpha value is -5.12. The molecule has 0 fully saturated rings. The van der Waals surface area contributed by atoms with Gasteiger partial charge in [-0.25, -0.2) is 14.3 Å². The molecular weight excluding hydrogens is 534 g/mol. The van der Waals surface area contributed by atoms with Crippen molar-refractivity contribution < 1.29 is 23.9 Å².